The van der Waals surface area contributed by atoms with Crippen LogP contribution in [-0.4, -0.2) is 39.9 Å². The largest absolute Gasteiger partial charge is 0.466 e. The van der Waals surface area contributed by atoms with Gasteiger partial charge in [-0.3, -0.25) is 0 Å². The molecule has 0 radical (unpaired) electrons. The molecule has 17 heavy (non-hydrogen) atoms. The zero-order chi connectivity index (χ0) is 13.3. The van der Waals surface area contributed by atoms with E-state index in [1.165, 1.54) is 7.11 Å². The fraction of sp³-hybridized carbons (Fsp3) is 0.769. The minimum absolute atomic E-state index is 0.197. The second-order valence-corrected chi connectivity index (χ2v) is 4.92. The second-order valence-electron chi connectivity index (χ2n) is 4.92. The van der Waals surface area contributed by atoms with Crippen molar-refractivity contribution in [3.05, 3.63) is 11.6 Å². The Morgan fingerprint density at radius 2 is 2.00 bits per heavy atom. The lowest BCUT2D eigenvalue weighted by atomic mass is 9.90. The highest BCUT2D eigenvalue weighted by atomic mass is 16.5. The second kappa shape index (κ2) is 8.25. The van der Waals surface area contributed by atoms with Crippen LogP contribution in [0.25, 0.3) is 0 Å². The molecule has 0 aromatic rings. The SMILES string of the molecule is COCCC(C)(C)CNC/C=C(/C)C(=O)OC. The predicted molar refractivity (Wildman–Crippen MR) is 68.9 cm³/mol. The first-order valence-corrected chi connectivity index (χ1v) is 5.87. The Labute approximate surface area is 104 Å². The smallest absolute Gasteiger partial charge is 0.333 e. The molecule has 0 atom stereocenters. The average Bonchev–Trinajstić information content (AvgIpc) is 2.30. The van der Waals surface area contributed by atoms with Gasteiger partial charge in [0.15, 0.2) is 0 Å². The molecule has 0 saturated carbocycles. The number of methoxy groups -OCH3 is 2. The highest BCUT2D eigenvalue weighted by molar-refractivity contribution is 5.87. The van der Waals surface area contributed by atoms with Crippen LogP contribution in [0.15, 0.2) is 11.6 Å². The van der Waals surface area contributed by atoms with Crippen LogP contribution in [0.4, 0.5) is 0 Å². The third-order valence-electron chi connectivity index (χ3n) is 2.65. The molecule has 0 bridgehead atoms. The van der Waals surface area contributed by atoms with Crippen LogP contribution in [-0.2, 0) is 14.3 Å². The summed E-state index contributed by atoms with van der Waals surface area (Å²) >= 11 is 0. The molecule has 0 aromatic heterocycles. The highest BCUT2D eigenvalue weighted by Gasteiger charge is 2.16. The maximum atomic E-state index is 11.1. The van der Waals surface area contributed by atoms with Gasteiger partial charge >= 0.3 is 5.97 Å². The topological polar surface area (TPSA) is 47.6 Å². The highest BCUT2D eigenvalue weighted by Crippen LogP contribution is 2.18. The first-order chi connectivity index (χ1) is 7.93. The van der Waals surface area contributed by atoms with E-state index in [4.69, 9.17) is 4.74 Å². The normalized spacial score (nSPS) is 12.6. The van der Waals surface area contributed by atoms with Crippen LogP contribution in [0, 0.1) is 5.41 Å². The Morgan fingerprint density at radius 3 is 2.53 bits per heavy atom. The average molecular weight is 243 g/mol. The van der Waals surface area contributed by atoms with Crippen molar-refractivity contribution in [2.75, 3.05) is 33.9 Å². The lowest BCUT2D eigenvalue weighted by molar-refractivity contribution is -0.136. The molecule has 0 aliphatic rings. The minimum Gasteiger partial charge on any atom is -0.466 e. The number of carbonyl (C=O) groups is 1. The zero-order valence-corrected chi connectivity index (χ0v) is 11.6. The summed E-state index contributed by atoms with van der Waals surface area (Å²) in [7, 11) is 3.10. The van der Waals surface area contributed by atoms with E-state index < -0.39 is 0 Å². The number of hydrogen-bond acceptors (Lipinski definition) is 4. The predicted octanol–water partition coefficient (Wildman–Crippen LogP) is 1.76. The molecule has 100 valence electrons. The van der Waals surface area contributed by atoms with Crippen LogP contribution in [0.5, 0.6) is 0 Å². The van der Waals surface area contributed by atoms with Crippen LogP contribution in [0.1, 0.15) is 27.2 Å². The summed E-state index contributed by atoms with van der Waals surface area (Å²) in [6.07, 6.45) is 2.86. The van der Waals surface area contributed by atoms with E-state index >= 15 is 0 Å². The molecular weight excluding hydrogens is 218 g/mol. The first kappa shape index (κ1) is 16.1. The summed E-state index contributed by atoms with van der Waals surface area (Å²) < 4.78 is 9.68. The quantitative estimate of drug-likeness (QED) is 0.401. The molecule has 0 heterocycles. The maximum absolute atomic E-state index is 11.1. The van der Waals surface area contributed by atoms with Gasteiger partial charge in [-0.25, -0.2) is 4.79 Å². The van der Waals surface area contributed by atoms with Gasteiger partial charge in [0, 0.05) is 32.4 Å². The Hall–Kier alpha value is -0.870. The number of nitrogens with one attached hydrogen (secondary N) is 1. The Kier molecular flexibility index (Phi) is 7.83. The summed E-state index contributed by atoms with van der Waals surface area (Å²) in [6.45, 7) is 8.47. The lowest BCUT2D eigenvalue weighted by Gasteiger charge is -2.24. The first-order valence-electron chi connectivity index (χ1n) is 5.87. The molecule has 1 N–H and O–H groups in total. The number of ether oxygens (including phenoxy) is 2. The molecule has 0 fully saturated rings. The van der Waals surface area contributed by atoms with Gasteiger partial charge in [-0.05, 0) is 18.8 Å². The Balaban J connectivity index is 3.87. The minimum atomic E-state index is -0.273. The third-order valence-corrected chi connectivity index (χ3v) is 2.65. The molecule has 0 saturated heterocycles. The van der Waals surface area contributed by atoms with Crippen LogP contribution >= 0.6 is 0 Å². The van der Waals surface area contributed by atoms with Gasteiger partial charge in [0.25, 0.3) is 0 Å². The summed E-state index contributed by atoms with van der Waals surface area (Å²) in [4.78, 5) is 11.1. The van der Waals surface area contributed by atoms with E-state index in [2.05, 4.69) is 23.9 Å². The Bertz CT molecular complexity index is 259. The summed E-state index contributed by atoms with van der Waals surface area (Å²) in [5.74, 6) is -0.273. The van der Waals surface area contributed by atoms with Gasteiger partial charge in [0.2, 0.25) is 0 Å². The van der Waals surface area contributed by atoms with E-state index in [9.17, 15) is 4.79 Å². The molecule has 0 aliphatic heterocycles. The van der Waals surface area contributed by atoms with E-state index in [0.717, 1.165) is 19.6 Å². The van der Waals surface area contributed by atoms with Crippen molar-refractivity contribution in [2.24, 2.45) is 5.41 Å². The van der Waals surface area contributed by atoms with E-state index in [1.54, 1.807) is 14.0 Å². The van der Waals surface area contributed by atoms with E-state index in [-0.39, 0.29) is 11.4 Å². The Morgan fingerprint density at radius 1 is 1.35 bits per heavy atom. The van der Waals surface area contributed by atoms with Crippen molar-refractivity contribution in [3.63, 3.8) is 0 Å². The molecule has 0 unspecified atom stereocenters. The van der Waals surface area contributed by atoms with Gasteiger partial charge < -0.3 is 14.8 Å². The van der Waals surface area contributed by atoms with E-state index in [1.807, 2.05) is 6.08 Å². The van der Waals surface area contributed by atoms with Crippen molar-refractivity contribution >= 4 is 5.97 Å². The van der Waals surface area contributed by atoms with Gasteiger partial charge in [-0.2, -0.15) is 0 Å². The van der Waals surface area contributed by atoms with Crippen LogP contribution in [0.3, 0.4) is 0 Å². The van der Waals surface area contributed by atoms with Gasteiger partial charge in [-0.15, -0.1) is 0 Å². The van der Waals surface area contributed by atoms with Crippen LogP contribution < -0.4 is 5.32 Å². The molecule has 0 amide bonds. The number of hydrogen-bond donors (Lipinski definition) is 1. The number of esters is 1. The van der Waals surface area contributed by atoms with Gasteiger partial charge in [-0.1, -0.05) is 19.9 Å². The van der Waals surface area contributed by atoms with Crippen molar-refractivity contribution in [3.8, 4) is 0 Å². The number of carbonyl (C=O) groups excluding carboxylic acids is 1. The lowest BCUT2D eigenvalue weighted by Crippen LogP contribution is -2.30. The molecule has 0 rings (SSSR count). The van der Waals surface area contributed by atoms with Crippen LogP contribution in [0.2, 0.25) is 0 Å². The molecule has 0 spiro atoms. The zero-order valence-electron chi connectivity index (χ0n) is 11.6. The van der Waals surface area contributed by atoms with E-state index in [0.29, 0.717) is 12.1 Å². The van der Waals surface area contributed by atoms with Gasteiger partial charge in [0.1, 0.15) is 0 Å². The van der Waals surface area contributed by atoms with Crippen molar-refractivity contribution in [1.82, 2.24) is 5.32 Å². The fourth-order valence-corrected chi connectivity index (χ4v) is 1.35. The van der Waals surface area contributed by atoms with Gasteiger partial charge in [0.05, 0.1) is 7.11 Å². The molecule has 4 nitrogen and oxygen atoms in total. The van der Waals surface area contributed by atoms with Crippen molar-refractivity contribution < 1.29 is 14.3 Å². The maximum Gasteiger partial charge on any atom is 0.333 e. The number of rotatable bonds is 8. The molecule has 0 aliphatic carbocycles. The fourth-order valence-electron chi connectivity index (χ4n) is 1.35. The summed E-state index contributed by atoms with van der Waals surface area (Å²) in [5, 5.41) is 3.30. The van der Waals surface area contributed by atoms with Crippen molar-refractivity contribution in [2.45, 2.75) is 27.2 Å². The third kappa shape index (κ3) is 7.94. The molecule has 0 aromatic carbocycles. The monoisotopic (exact) mass is 243 g/mol. The molecular formula is C13H25NO3. The standard InChI is InChI=1S/C13H25NO3/c1-11(12(15)17-5)6-8-14-10-13(2,3)7-9-16-4/h6,14H,7-10H2,1-5H3/b11-6-. The summed E-state index contributed by atoms with van der Waals surface area (Å²) in [6, 6.07) is 0. The molecule has 4 heteroatoms. The van der Waals surface area contributed by atoms with Crippen molar-refractivity contribution in [1.29, 1.82) is 0 Å². The summed E-state index contributed by atoms with van der Waals surface area (Å²) in [5.41, 5.74) is 0.831.